The van der Waals surface area contributed by atoms with Gasteiger partial charge in [-0.2, -0.15) is 0 Å². The molecule has 2 rings (SSSR count). The van der Waals surface area contributed by atoms with Gasteiger partial charge < -0.3 is 15.4 Å². The highest BCUT2D eigenvalue weighted by atomic mass is 35.5. The Balaban J connectivity index is 2.06. The minimum Gasteiger partial charge on any atom is -0.459 e. The van der Waals surface area contributed by atoms with Crippen molar-refractivity contribution in [3.63, 3.8) is 0 Å². The monoisotopic (exact) mass is 379 g/mol. The van der Waals surface area contributed by atoms with Crippen molar-refractivity contribution >= 4 is 23.6 Å². The largest absolute Gasteiger partial charge is 0.459 e. The molecule has 8 nitrogen and oxygen atoms in total. The maximum atomic E-state index is 12.3. The van der Waals surface area contributed by atoms with E-state index in [1.165, 1.54) is 0 Å². The number of nitrogens with zero attached hydrogens (tertiary/aromatic N) is 3. The summed E-state index contributed by atoms with van der Waals surface area (Å²) in [5, 5.41) is 13.8. The second kappa shape index (κ2) is 9.76. The molecule has 2 amide bonds. The summed E-state index contributed by atoms with van der Waals surface area (Å²) in [5.74, 6) is -0.570. The van der Waals surface area contributed by atoms with Crippen LogP contribution in [0.4, 0.5) is 4.79 Å². The average Bonchev–Trinajstić information content (AvgIpc) is 3.03. The molecule has 0 fully saturated rings. The lowest BCUT2D eigenvalue weighted by Gasteiger charge is -2.08. The molecule has 0 unspecified atom stereocenters. The third kappa shape index (κ3) is 5.19. The van der Waals surface area contributed by atoms with Gasteiger partial charge in [0.05, 0.1) is 17.9 Å². The molecule has 9 heteroatoms. The topological polar surface area (TPSA) is 98.1 Å². The van der Waals surface area contributed by atoms with Crippen LogP contribution in [0.25, 0.3) is 5.69 Å². The predicted molar refractivity (Wildman–Crippen MR) is 97.7 cm³/mol. The van der Waals surface area contributed by atoms with Gasteiger partial charge in [-0.15, -0.1) is 5.10 Å². The average molecular weight is 380 g/mol. The number of carbonyl (C=O) groups is 2. The van der Waals surface area contributed by atoms with Crippen LogP contribution in [-0.4, -0.2) is 46.7 Å². The fourth-order valence-corrected chi connectivity index (χ4v) is 2.52. The van der Waals surface area contributed by atoms with Gasteiger partial charge in [-0.05, 0) is 31.5 Å². The Morgan fingerprint density at radius 3 is 2.77 bits per heavy atom. The number of amides is 2. The van der Waals surface area contributed by atoms with E-state index in [4.69, 9.17) is 16.3 Å². The smallest absolute Gasteiger partial charge is 0.360 e. The lowest BCUT2D eigenvalue weighted by atomic mass is 10.2. The van der Waals surface area contributed by atoms with E-state index in [0.29, 0.717) is 23.7 Å². The molecule has 0 saturated heterocycles. The molecule has 0 saturated carbocycles. The third-order valence-electron chi connectivity index (χ3n) is 3.45. The number of halogens is 1. The summed E-state index contributed by atoms with van der Waals surface area (Å²) in [7, 11) is 0. The zero-order chi connectivity index (χ0) is 18.9. The second-order valence-electron chi connectivity index (χ2n) is 5.45. The first-order valence-corrected chi connectivity index (χ1v) is 8.84. The predicted octanol–water partition coefficient (Wildman–Crippen LogP) is 2.35. The lowest BCUT2D eigenvalue weighted by Crippen LogP contribution is -2.37. The SMILES string of the molecule is CCCc1c(C(=O)OCCNC(=O)NCC)nnn1-c1cccc(Cl)c1. The van der Waals surface area contributed by atoms with Crippen molar-refractivity contribution in [2.24, 2.45) is 0 Å². The number of rotatable bonds is 8. The van der Waals surface area contributed by atoms with E-state index < -0.39 is 5.97 Å². The minimum absolute atomic E-state index is 0.0472. The van der Waals surface area contributed by atoms with Gasteiger partial charge >= 0.3 is 12.0 Å². The highest BCUT2D eigenvalue weighted by molar-refractivity contribution is 6.30. The molecule has 0 aliphatic rings. The van der Waals surface area contributed by atoms with E-state index in [9.17, 15) is 9.59 Å². The van der Waals surface area contributed by atoms with E-state index in [-0.39, 0.29) is 24.9 Å². The maximum absolute atomic E-state index is 12.3. The fraction of sp³-hybridized carbons (Fsp3) is 0.412. The van der Waals surface area contributed by atoms with Gasteiger partial charge in [0, 0.05) is 11.6 Å². The molecule has 0 bridgehead atoms. The molecule has 0 aliphatic heterocycles. The quantitative estimate of drug-likeness (QED) is 0.542. The van der Waals surface area contributed by atoms with Crippen LogP contribution in [0.5, 0.6) is 0 Å². The number of urea groups is 1. The summed E-state index contributed by atoms with van der Waals surface area (Å²) in [6.45, 7) is 4.60. The number of hydrogen-bond donors (Lipinski definition) is 2. The number of carbonyl (C=O) groups excluding carboxylic acids is 2. The Kier molecular flexibility index (Phi) is 7.40. The molecule has 0 aliphatic carbocycles. The molecule has 0 radical (unpaired) electrons. The van der Waals surface area contributed by atoms with Crippen molar-refractivity contribution in [2.75, 3.05) is 19.7 Å². The van der Waals surface area contributed by atoms with Crippen LogP contribution in [-0.2, 0) is 11.2 Å². The molecular weight excluding hydrogens is 358 g/mol. The summed E-state index contributed by atoms with van der Waals surface area (Å²) in [4.78, 5) is 23.6. The molecule has 26 heavy (non-hydrogen) atoms. The van der Waals surface area contributed by atoms with Crippen LogP contribution in [0, 0.1) is 0 Å². The number of nitrogens with one attached hydrogen (secondary N) is 2. The van der Waals surface area contributed by atoms with Crippen molar-refractivity contribution in [1.82, 2.24) is 25.6 Å². The van der Waals surface area contributed by atoms with Gasteiger partial charge in [-0.25, -0.2) is 14.3 Å². The number of esters is 1. The van der Waals surface area contributed by atoms with Crippen molar-refractivity contribution in [3.8, 4) is 5.69 Å². The van der Waals surface area contributed by atoms with Crippen LogP contribution >= 0.6 is 11.6 Å². The standard InChI is InChI=1S/C17H22ClN5O3/c1-3-6-14-15(16(24)26-10-9-20-17(25)19-4-2)21-22-23(14)13-8-5-7-12(18)11-13/h5,7-8,11H,3-4,6,9-10H2,1-2H3,(H2,19,20,25). The Hall–Kier alpha value is -2.61. The van der Waals surface area contributed by atoms with Crippen LogP contribution in [0.2, 0.25) is 5.02 Å². The summed E-state index contributed by atoms with van der Waals surface area (Å²) < 4.78 is 6.79. The zero-order valence-electron chi connectivity index (χ0n) is 14.8. The summed E-state index contributed by atoms with van der Waals surface area (Å²) >= 11 is 6.03. The van der Waals surface area contributed by atoms with E-state index in [2.05, 4.69) is 20.9 Å². The first-order chi connectivity index (χ1) is 12.6. The fourth-order valence-electron chi connectivity index (χ4n) is 2.34. The molecule has 1 heterocycles. The highest BCUT2D eigenvalue weighted by Crippen LogP contribution is 2.19. The molecule has 1 aromatic carbocycles. The Labute approximate surface area is 156 Å². The van der Waals surface area contributed by atoms with Gasteiger partial charge in [0.15, 0.2) is 5.69 Å². The molecule has 0 atom stereocenters. The molecule has 140 valence electrons. The minimum atomic E-state index is -0.570. The van der Waals surface area contributed by atoms with Crippen molar-refractivity contribution in [3.05, 3.63) is 40.7 Å². The van der Waals surface area contributed by atoms with Crippen LogP contribution in [0.15, 0.2) is 24.3 Å². The molecule has 1 aromatic heterocycles. The van der Waals surface area contributed by atoms with Crippen molar-refractivity contribution in [2.45, 2.75) is 26.7 Å². The summed E-state index contributed by atoms with van der Waals surface area (Å²) in [6, 6.07) is 6.85. The van der Waals surface area contributed by atoms with Crippen LogP contribution < -0.4 is 10.6 Å². The van der Waals surface area contributed by atoms with Crippen LogP contribution in [0.3, 0.4) is 0 Å². The number of hydrogen-bond acceptors (Lipinski definition) is 5. The third-order valence-corrected chi connectivity index (χ3v) is 3.69. The number of aromatic nitrogens is 3. The first-order valence-electron chi connectivity index (χ1n) is 8.46. The first kappa shape index (κ1) is 19.7. The summed E-state index contributed by atoms with van der Waals surface area (Å²) in [5.41, 5.74) is 1.56. The highest BCUT2D eigenvalue weighted by Gasteiger charge is 2.21. The van der Waals surface area contributed by atoms with E-state index >= 15 is 0 Å². The van der Waals surface area contributed by atoms with Gasteiger partial charge in [0.1, 0.15) is 6.61 Å². The van der Waals surface area contributed by atoms with Gasteiger partial charge in [0.2, 0.25) is 0 Å². The Morgan fingerprint density at radius 2 is 2.08 bits per heavy atom. The Morgan fingerprint density at radius 1 is 1.27 bits per heavy atom. The van der Waals surface area contributed by atoms with Crippen molar-refractivity contribution < 1.29 is 14.3 Å². The summed E-state index contributed by atoms with van der Waals surface area (Å²) in [6.07, 6.45) is 1.42. The van der Waals surface area contributed by atoms with E-state index in [1.807, 2.05) is 19.9 Å². The molecule has 2 aromatic rings. The van der Waals surface area contributed by atoms with E-state index in [1.54, 1.807) is 22.9 Å². The Bertz CT molecular complexity index is 763. The van der Waals surface area contributed by atoms with Gasteiger partial charge in [-0.3, -0.25) is 0 Å². The normalized spacial score (nSPS) is 10.4. The maximum Gasteiger partial charge on any atom is 0.360 e. The molecule has 2 N–H and O–H groups in total. The van der Waals surface area contributed by atoms with Crippen molar-refractivity contribution in [1.29, 1.82) is 0 Å². The van der Waals surface area contributed by atoms with Gasteiger partial charge in [-0.1, -0.05) is 36.2 Å². The molecular formula is C17H22ClN5O3. The second-order valence-corrected chi connectivity index (χ2v) is 5.89. The van der Waals surface area contributed by atoms with Gasteiger partial charge in [0.25, 0.3) is 0 Å². The zero-order valence-corrected chi connectivity index (χ0v) is 15.5. The molecule has 0 spiro atoms. The van der Waals surface area contributed by atoms with Crippen LogP contribution in [0.1, 0.15) is 36.5 Å². The number of ether oxygens (including phenoxy) is 1. The lowest BCUT2D eigenvalue weighted by molar-refractivity contribution is 0.0502. The number of benzene rings is 1. The van der Waals surface area contributed by atoms with E-state index in [0.717, 1.165) is 12.1 Å².